The molecule has 104 valence electrons. The smallest absolute Gasteiger partial charge is 0.326 e. The number of hydrogen-bond donors (Lipinski definition) is 1. The molecule has 1 saturated carbocycles. The summed E-state index contributed by atoms with van der Waals surface area (Å²) in [4.78, 5) is 25.3. The predicted octanol–water partition coefficient (Wildman–Crippen LogP) is 2.03. The molecule has 0 aromatic heterocycles. The molecule has 1 aliphatic heterocycles. The van der Waals surface area contributed by atoms with Crippen molar-refractivity contribution in [1.82, 2.24) is 4.90 Å². The maximum absolute atomic E-state index is 12.3. The first kappa shape index (κ1) is 13.9. The van der Waals surface area contributed by atoms with Gasteiger partial charge in [-0.3, -0.25) is 4.79 Å². The second-order valence-electron chi connectivity index (χ2n) is 5.55. The normalized spacial score (nSPS) is 30.3. The fourth-order valence-electron chi connectivity index (χ4n) is 3.54. The number of nitrogens with zero attached hydrogens (tertiary/aromatic N) is 1. The van der Waals surface area contributed by atoms with E-state index < -0.39 is 12.0 Å². The van der Waals surface area contributed by atoms with Crippen LogP contribution in [0.25, 0.3) is 0 Å². The number of amides is 1. The summed E-state index contributed by atoms with van der Waals surface area (Å²) < 4.78 is 0. The molecule has 2 rings (SSSR count). The first-order valence-corrected chi connectivity index (χ1v) is 7.12. The number of terminal acetylenes is 1. The first-order chi connectivity index (χ1) is 9.15. The summed E-state index contributed by atoms with van der Waals surface area (Å²) in [6, 6.07) is -0.529. The molecule has 1 N–H and O–H groups in total. The molecule has 4 nitrogen and oxygen atoms in total. The summed E-state index contributed by atoms with van der Waals surface area (Å²) in [5.74, 6) is 1.99. The van der Waals surface area contributed by atoms with Gasteiger partial charge >= 0.3 is 5.97 Å². The van der Waals surface area contributed by atoms with E-state index in [0.717, 1.165) is 25.7 Å². The van der Waals surface area contributed by atoms with Crippen LogP contribution in [0.3, 0.4) is 0 Å². The van der Waals surface area contributed by atoms with Crippen molar-refractivity contribution >= 4 is 11.9 Å². The van der Waals surface area contributed by atoms with E-state index in [1.54, 1.807) is 4.90 Å². The van der Waals surface area contributed by atoms with Crippen molar-refractivity contribution < 1.29 is 14.7 Å². The summed E-state index contributed by atoms with van der Waals surface area (Å²) in [6.07, 6.45) is 11.7. The van der Waals surface area contributed by atoms with Gasteiger partial charge in [0.2, 0.25) is 5.91 Å². The van der Waals surface area contributed by atoms with E-state index in [1.165, 1.54) is 6.42 Å². The average molecular weight is 263 g/mol. The molecule has 0 radical (unpaired) electrons. The lowest BCUT2D eigenvalue weighted by Crippen LogP contribution is -2.57. The van der Waals surface area contributed by atoms with E-state index in [-0.39, 0.29) is 18.4 Å². The molecule has 0 bridgehead atoms. The summed E-state index contributed by atoms with van der Waals surface area (Å²) in [7, 11) is 0. The van der Waals surface area contributed by atoms with Crippen LogP contribution in [0.15, 0.2) is 0 Å². The van der Waals surface area contributed by atoms with Crippen LogP contribution in [0, 0.1) is 18.3 Å². The Morgan fingerprint density at radius 1 is 1.21 bits per heavy atom. The van der Waals surface area contributed by atoms with Gasteiger partial charge in [0.15, 0.2) is 0 Å². The summed E-state index contributed by atoms with van der Waals surface area (Å²) >= 11 is 0. The zero-order chi connectivity index (χ0) is 13.8. The van der Waals surface area contributed by atoms with Crippen molar-refractivity contribution in [3.05, 3.63) is 0 Å². The second-order valence-corrected chi connectivity index (χ2v) is 5.55. The van der Waals surface area contributed by atoms with Gasteiger partial charge in [0.25, 0.3) is 0 Å². The Bertz CT molecular complexity index is 399. The van der Waals surface area contributed by atoms with Crippen molar-refractivity contribution in [3.63, 3.8) is 0 Å². The topological polar surface area (TPSA) is 57.6 Å². The first-order valence-electron chi connectivity index (χ1n) is 7.12. The van der Waals surface area contributed by atoms with Gasteiger partial charge in [0.1, 0.15) is 6.04 Å². The van der Waals surface area contributed by atoms with E-state index >= 15 is 0 Å². The largest absolute Gasteiger partial charge is 0.480 e. The van der Waals surface area contributed by atoms with Gasteiger partial charge in [-0.25, -0.2) is 4.79 Å². The maximum Gasteiger partial charge on any atom is 0.326 e. The Morgan fingerprint density at radius 3 is 2.63 bits per heavy atom. The lowest BCUT2D eigenvalue weighted by Gasteiger charge is -2.47. The third kappa shape index (κ3) is 2.91. The molecule has 1 aliphatic carbocycles. The summed E-state index contributed by atoms with van der Waals surface area (Å²) in [6.45, 7) is 0. The number of carboxylic acids is 1. The molecule has 1 saturated heterocycles. The Balaban J connectivity index is 2.16. The Morgan fingerprint density at radius 2 is 1.95 bits per heavy atom. The second kappa shape index (κ2) is 6.10. The maximum atomic E-state index is 12.3. The van der Waals surface area contributed by atoms with Crippen LogP contribution in [-0.4, -0.2) is 34.0 Å². The standard InChI is InChI=1S/C15H21NO3/c1-2-3-8-14(17)16-12-7-5-4-6-11(12)9-10-13(16)15(18)19/h1,11-13H,3-10H2,(H,18,19). The molecule has 2 fully saturated rings. The molecule has 1 amide bonds. The van der Waals surface area contributed by atoms with Crippen LogP contribution < -0.4 is 0 Å². The Hall–Kier alpha value is -1.50. The third-order valence-corrected chi connectivity index (χ3v) is 4.43. The summed E-state index contributed by atoms with van der Waals surface area (Å²) in [5.41, 5.74) is 0. The molecule has 19 heavy (non-hydrogen) atoms. The number of carboxylic acid groups (broad SMARTS) is 1. The van der Waals surface area contributed by atoms with Gasteiger partial charge in [-0.15, -0.1) is 12.3 Å². The predicted molar refractivity (Wildman–Crippen MR) is 71.3 cm³/mol. The molecule has 3 unspecified atom stereocenters. The van der Waals surface area contributed by atoms with Crippen LogP contribution in [0.5, 0.6) is 0 Å². The van der Waals surface area contributed by atoms with Gasteiger partial charge in [0, 0.05) is 18.9 Å². The zero-order valence-corrected chi connectivity index (χ0v) is 11.2. The average Bonchev–Trinajstić information content (AvgIpc) is 2.43. The fraction of sp³-hybridized carbons (Fsp3) is 0.733. The SMILES string of the molecule is C#CCCC(=O)N1C(C(=O)O)CCC2CCCCC21. The minimum Gasteiger partial charge on any atom is -0.480 e. The molecule has 0 aromatic rings. The van der Waals surface area contributed by atoms with Crippen molar-refractivity contribution in [2.45, 2.75) is 63.5 Å². The number of carbonyl (C=O) groups is 2. The number of likely N-dealkylation sites (tertiary alicyclic amines) is 1. The molecule has 3 atom stereocenters. The van der Waals surface area contributed by atoms with Crippen LogP contribution in [0.1, 0.15) is 51.4 Å². The Labute approximate surface area is 114 Å². The van der Waals surface area contributed by atoms with E-state index in [9.17, 15) is 14.7 Å². The highest BCUT2D eigenvalue weighted by Gasteiger charge is 2.43. The van der Waals surface area contributed by atoms with Crippen molar-refractivity contribution in [2.75, 3.05) is 0 Å². The number of carbonyl (C=O) groups excluding carboxylic acids is 1. The highest BCUT2D eigenvalue weighted by Crippen LogP contribution is 2.38. The zero-order valence-electron chi connectivity index (χ0n) is 11.2. The monoisotopic (exact) mass is 263 g/mol. The Kier molecular flexibility index (Phi) is 4.47. The number of aliphatic carboxylic acids is 1. The van der Waals surface area contributed by atoms with E-state index in [0.29, 0.717) is 18.8 Å². The highest BCUT2D eigenvalue weighted by molar-refractivity contribution is 5.84. The van der Waals surface area contributed by atoms with Gasteiger partial charge in [-0.1, -0.05) is 12.8 Å². The molecule has 2 aliphatic rings. The highest BCUT2D eigenvalue weighted by atomic mass is 16.4. The van der Waals surface area contributed by atoms with Crippen LogP contribution in [-0.2, 0) is 9.59 Å². The number of hydrogen-bond acceptors (Lipinski definition) is 2. The van der Waals surface area contributed by atoms with Crippen molar-refractivity contribution in [3.8, 4) is 12.3 Å². The molecule has 0 aromatic carbocycles. The van der Waals surface area contributed by atoms with Gasteiger partial charge < -0.3 is 10.0 Å². The van der Waals surface area contributed by atoms with Crippen molar-refractivity contribution in [1.29, 1.82) is 0 Å². The molecule has 1 heterocycles. The van der Waals surface area contributed by atoms with Gasteiger partial charge in [-0.2, -0.15) is 0 Å². The third-order valence-electron chi connectivity index (χ3n) is 4.43. The lowest BCUT2D eigenvalue weighted by molar-refractivity contribution is -0.158. The quantitative estimate of drug-likeness (QED) is 0.793. The fourth-order valence-corrected chi connectivity index (χ4v) is 3.54. The van der Waals surface area contributed by atoms with Gasteiger partial charge in [0.05, 0.1) is 0 Å². The molecular weight excluding hydrogens is 242 g/mol. The van der Waals surface area contributed by atoms with E-state index in [4.69, 9.17) is 6.42 Å². The number of fused-ring (bicyclic) bond motifs is 1. The van der Waals surface area contributed by atoms with E-state index in [2.05, 4.69) is 5.92 Å². The molecular formula is C15H21NO3. The van der Waals surface area contributed by atoms with Gasteiger partial charge in [-0.05, 0) is 31.6 Å². The molecule has 4 heteroatoms. The minimum atomic E-state index is -0.877. The van der Waals surface area contributed by atoms with Crippen molar-refractivity contribution in [2.24, 2.45) is 5.92 Å². The van der Waals surface area contributed by atoms with E-state index in [1.807, 2.05) is 0 Å². The van der Waals surface area contributed by atoms with Crippen LogP contribution >= 0.6 is 0 Å². The summed E-state index contributed by atoms with van der Waals surface area (Å²) in [5, 5.41) is 9.34. The minimum absolute atomic E-state index is 0.0815. The number of rotatable bonds is 3. The molecule has 0 spiro atoms. The van der Waals surface area contributed by atoms with Crippen LogP contribution in [0.4, 0.5) is 0 Å². The lowest BCUT2D eigenvalue weighted by atomic mass is 9.76. The number of piperidine rings is 1. The van der Waals surface area contributed by atoms with Crippen LogP contribution in [0.2, 0.25) is 0 Å².